The van der Waals surface area contributed by atoms with Crippen LogP contribution in [-0.4, -0.2) is 50.1 Å². The summed E-state index contributed by atoms with van der Waals surface area (Å²) in [6.07, 6.45) is 0.0353. The van der Waals surface area contributed by atoms with Gasteiger partial charge in [0, 0.05) is 5.56 Å². The highest BCUT2D eigenvalue weighted by Gasteiger charge is 2.29. The first-order valence-electron chi connectivity index (χ1n) is 13.2. The molecule has 0 radical (unpaired) electrons. The third-order valence-electron chi connectivity index (χ3n) is 5.92. The Kier molecular flexibility index (Phi) is 11.0. The number of amides is 2. The number of benzene rings is 2. The summed E-state index contributed by atoms with van der Waals surface area (Å²) in [5.41, 5.74) is 1.71. The fourth-order valence-corrected chi connectivity index (χ4v) is 3.97. The molecule has 12 heteroatoms. The summed E-state index contributed by atoms with van der Waals surface area (Å²) in [5.74, 6) is -0.295. The Bertz CT molecular complexity index is 1280. The molecule has 0 aliphatic heterocycles. The van der Waals surface area contributed by atoms with E-state index in [2.05, 4.69) is 31.2 Å². The van der Waals surface area contributed by atoms with E-state index in [9.17, 15) is 19.3 Å². The number of aromatic nitrogens is 4. The van der Waals surface area contributed by atoms with E-state index in [1.165, 1.54) is 12.1 Å². The van der Waals surface area contributed by atoms with Gasteiger partial charge in [-0.2, -0.15) is 4.80 Å². The number of tetrazole rings is 1. The number of Topliss-reactive ketones (excluding diaryl/α,β-unsaturated/α-hetero) is 1. The Morgan fingerprint density at radius 1 is 0.900 bits per heavy atom. The molecule has 2 N–H and O–H groups in total. The third kappa shape index (κ3) is 9.37. The maximum Gasteiger partial charge on any atom is 0.408 e. The van der Waals surface area contributed by atoms with Gasteiger partial charge in [0.15, 0.2) is 5.78 Å². The maximum atomic E-state index is 13.3. The van der Waals surface area contributed by atoms with Gasteiger partial charge in [-0.25, -0.2) is 4.79 Å². The Hall–Kier alpha value is -4.48. The minimum Gasteiger partial charge on any atom is -0.445 e. The van der Waals surface area contributed by atoms with Gasteiger partial charge in [0.2, 0.25) is 11.7 Å². The van der Waals surface area contributed by atoms with Gasteiger partial charge in [0.05, 0.1) is 6.04 Å². The van der Waals surface area contributed by atoms with Crippen LogP contribution in [0.2, 0.25) is 0 Å². The van der Waals surface area contributed by atoms with Crippen molar-refractivity contribution >= 4 is 23.5 Å². The monoisotopic (exact) mass is 549 g/mol. The SMILES string of the molecule is CC(C)C[C@H](NC(=O)[C@H](CC(C)C)NC(=O)OCc1ccccc1)C(=O)Cn1nnc(-c2ccc(N=O)cc2)n1. The second kappa shape index (κ2) is 14.6. The lowest BCUT2D eigenvalue weighted by Gasteiger charge is -2.24. The lowest BCUT2D eigenvalue weighted by atomic mass is 9.98. The number of ketones is 1. The summed E-state index contributed by atoms with van der Waals surface area (Å²) in [6, 6.07) is 13.8. The smallest absolute Gasteiger partial charge is 0.408 e. The molecule has 0 fully saturated rings. The normalized spacial score (nSPS) is 12.6. The number of carbonyl (C=O) groups excluding carboxylic acids is 3. The molecule has 2 aromatic carbocycles. The molecule has 1 aromatic heterocycles. The highest BCUT2D eigenvalue weighted by molar-refractivity contribution is 5.92. The van der Waals surface area contributed by atoms with E-state index < -0.39 is 24.1 Å². The van der Waals surface area contributed by atoms with Crippen molar-refractivity contribution in [1.29, 1.82) is 0 Å². The molecule has 0 saturated carbocycles. The van der Waals surface area contributed by atoms with E-state index >= 15 is 0 Å². The molecule has 3 rings (SSSR count). The van der Waals surface area contributed by atoms with Crippen LogP contribution in [-0.2, 0) is 27.5 Å². The molecule has 2 atom stereocenters. The lowest BCUT2D eigenvalue weighted by Crippen LogP contribution is -2.52. The lowest BCUT2D eigenvalue weighted by molar-refractivity contribution is -0.130. The van der Waals surface area contributed by atoms with Gasteiger partial charge in [-0.3, -0.25) is 9.59 Å². The zero-order valence-electron chi connectivity index (χ0n) is 23.1. The van der Waals surface area contributed by atoms with Gasteiger partial charge >= 0.3 is 6.09 Å². The zero-order chi connectivity index (χ0) is 29.1. The predicted molar refractivity (Wildman–Crippen MR) is 148 cm³/mol. The quantitative estimate of drug-likeness (QED) is 0.284. The fraction of sp³-hybridized carbons (Fsp3) is 0.429. The molecule has 40 heavy (non-hydrogen) atoms. The number of nitrogens with zero attached hydrogens (tertiary/aromatic N) is 5. The highest BCUT2D eigenvalue weighted by Crippen LogP contribution is 2.19. The topological polar surface area (TPSA) is 158 Å². The van der Waals surface area contributed by atoms with Gasteiger partial charge in [0.1, 0.15) is 24.9 Å². The van der Waals surface area contributed by atoms with E-state index in [0.717, 1.165) is 10.4 Å². The Balaban J connectivity index is 1.65. The summed E-state index contributed by atoms with van der Waals surface area (Å²) < 4.78 is 5.29. The predicted octanol–water partition coefficient (Wildman–Crippen LogP) is 4.18. The number of hydrogen-bond acceptors (Lipinski definition) is 9. The van der Waals surface area contributed by atoms with Crippen LogP contribution in [0.3, 0.4) is 0 Å². The number of ether oxygens (including phenoxy) is 1. The molecule has 0 saturated heterocycles. The van der Waals surface area contributed by atoms with Gasteiger partial charge in [0.25, 0.3) is 0 Å². The van der Waals surface area contributed by atoms with E-state index in [1.54, 1.807) is 12.1 Å². The van der Waals surface area contributed by atoms with Crippen molar-refractivity contribution < 1.29 is 19.1 Å². The number of alkyl carbamates (subject to hydrolysis) is 1. The minimum atomic E-state index is -0.884. The van der Waals surface area contributed by atoms with Crippen LogP contribution in [0.4, 0.5) is 10.5 Å². The third-order valence-corrected chi connectivity index (χ3v) is 5.92. The number of rotatable bonds is 14. The van der Waals surface area contributed by atoms with E-state index in [-0.39, 0.29) is 42.3 Å². The van der Waals surface area contributed by atoms with Crippen LogP contribution >= 0.6 is 0 Å². The van der Waals surface area contributed by atoms with Gasteiger partial charge < -0.3 is 15.4 Å². The molecule has 3 aromatic rings. The first-order chi connectivity index (χ1) is 19.1. The van der Waals surface area contributed by atoms with Crippen LogP contribution in [0.5, 0.6) is 0 Å². The second-order valence-corrected chi connectivity index (χ2v) is 10.3. The van der Waals surface area contributed by atoms with Crippen molar-refractivity contribution in [2.24, 2.45) is 17.0 Å². The first-order valence-corrected chi connectivity index (χ1v) is 13.2. The van der Waals surface area contributed by atoms with Crippen molar-refractivity contribution in [3.05, 3.63) is 65.1 Å². The number of hydrogen-bond donors (Lipinski definition) is 2. The molecule has 12 nitrogen and oxygen atoms in total. The van der Waals surface area contributed by atoms with E-state index in [1.807, 2.05) is 58.0 Å². The maximum absolute atomic E-state index is 13.3. The Morgan fingerprint density at radius 2 is 1.55 bits per heavy atom. The summed E-state index contributed by atoms with van der Waals surface area (Å²) in [7, 11) is 0. The number of nitroso groups, excluding NO2 is 1. The van der Waals surface area contributed by atoms with Crippen LogP contribution in [0.1, 0.15) is 46.1 Å². The standard InChI is InChI=1S/C28H35N7O5/c1-18(2)14-23(25(36)16-35-32-26(31-34-35)21-10-12-22(33-39)13-11-21)29-27(37)24(15-19(3)4)30-28(38)40-17-20-8-6-5-7-9-20/h5-13,18-19,23-24H,14-17H2,1-4H3,(H,29,37)(H,30,38)/t23-,24-/m0/s1. The highest BCUT2D eigenvalue weighted by atomic mass is 16.5. The first kappa shape index (κ1) is 30.1. The summed E-state index contributed by atoms with van der Waals surface area (Å²) in [5, 5.41) is 20.5. The fourth-order valence-electron chi connectivity index (χ4n) is 3.97. The van der Waals surface area contributed by atoms with Crippen molar-refractivity contribution in [1.82, 2.24) is 30.8 Å². The number of nitrogens with one attached hydrogen (secondary N) is 2. The molecular weight excluding hydrogens is 514 g/mol. The zero-order valence-corrected chi connectivity index (χ0v) is 23.1. The van der Waals surface area contributed by atoms with E-state index in [0.29, 0.717) is 18.4 Å². The summed E-state index contributed by atoms with van der Waals surface area (Å²) in [6.45, 7) is 7.62. The van der Waals surface area contributed by atoms with Crippen LogP contribution < -0.4 is 10.6 Å². The summed E-state index contributed by atoms with van der Waals surface area (Å²) in [4.78, 5) is 50.8. The summed E-state index contributed by atoms with van der Waals surface area (Å²) >= 11 is 0. The Morgan fingerprint density at radius 3 is 2.17 bits per heavy atom. The molecule has 1 heterocycles. The molecule has 0 aliphatic rings. The molecule has 0 aliphatic carbocycles. The Labute approximate surface area is 232 Å². The average Bonchev–Trinajstić information content (AvgIpc) is 3.39. The van der Waals surface area contributed by atoms with Gasteiger partial charge in [-0.1, -0.05) is 58.0 Å². The molecule has 2 amide bonds. The average molecular weight is 550 g/mol. The van der Waals surface area contributed by atoms with Gasteiger partial charge in [-0.15, -0.1) is 15.1 Å². The van der Waals surface area contributed by atoms with Crippen LogP contribution in [0.25, 0.3) is 11.4 Å². The molecule has 0 unspecified atom stereocenters. The largest absolute Gasteiger partial charge is 0.445 e. The molecule has 0 spiro atoms. The van der Waals surface area contributed by atoms with Crippen molar-refractivity contribution in [3.8, 4) is 11.4 Å². The number of carbonyl (C=O) groups is 3. The second-order valence-electron chi connectivity index (χ2n) is 10.3. The molecule has 0 bridgehead atoms. The van der Waals surface area contributed by atoms with Gasteiger partial charge in [-0.05, 0) is 64.9 Å². The van der Waals surface area contributed by atoms with Crippen LogP contribution in [0.15, 0.2) is 59.8 Å². The van der Waals surface area contributed by atoms with Crippen molar-refractivity contribution in [2.75, 3.05) is 0 Å². The molecular formula is C28H35N7O5. The molecule has 212 valence electrons. The minimum absolute atomic E-state index is 0.0716. The van der Waals surface area contributed by atoms with Crippen molar-refractivity contribution in [2.45, 2.75) is 65.8 Å². The van der Waals surface area contributed by atoms with E-state index in [4.69, 9.17) is 4.74 Å². The van der Waals surface area contributed by atoms with Crippen molar-refractivity contribution in [3.63, 3.8) is 0 Å². The van der Waals surface area contributed by atoms with Crippen LogP contribution in [0, 0.1) is 16.7 Å².